The number of hydrazone groups is 1. The molecule has 0 aliphatic heterocycles. The van der Waals surface area contributed by atoms with Crippen LogP contribution in [0.15, 0.2) is 84.0 Å². The van der Waals surface area contributed by atoms with Crippen molar-refractivity contribution in [2.75, 3.05) is 0 Å². The molecule has 0 radical (unpaired) electrons. The van der Waals surface area contributed by atoms with Gasteiger partial charge in [0.05, 0.1) is 16.8 Å². The predicted molar refractivity (Wildman–Crippen MR) is 112 cm³/mol. The standard InChI is InChI=1S/C22H16N4O3/c27-22(16-10-12-17(13-11-16)26(28)29)25-23-14-19-18-8-4-5-9-20(18)24-21(19)15-6-2-1-3-7-15/h1-14,24H,(H,25,27)/b23-14+. The van der Waals surface area contributed by atoms with Crippen LogP contribution in [-0.2, 0) is 0 Å². The maximum absolute atomic E-state index is 12.3. The molecule has 4 aromatic rings. The average Bonchev–Trinajstić information content (AvgIpc) is 3.13. The zero-order valence-electron chi connectivity index (χ0n) is 15.2. The second kappa shape index (κ2) is 7.77. The molecule has 0 saturated heterocycles. The second-order valence-electron chi connectivity index (χ2n) is 6.33. The van der Waals surface area contributed by atoms with E-state index in [0.29, 0.717) is 0 Å². The Balaban J connectivity index is 1.61. The van der Waals surface area contributed by atoms with E-state index < -0.39 is 10.8 Å². The van der Waals surface area contributed by atoms with Gasteiger partial charge in [-0.1, -0.05) is 48.5 Å². The summed E-state index contributed by atoms with van der Waals surface area (Å²) in [6.45, 7) is 0. The van der Waals surface area contributed by atoms with Crippen LogP contribution < -0.4 is 5.43 Å². The number of carbonyl (C=O) groups is 1. The Morgan fingerprint density at radius 1 is 0.966 bits per heavy atom. The molecule has 1 heterocycles. The zero-order valence-corrected chi connectivity index (χ0v) is 15.2. The number of nitro groups is 1. The quantitative estimate of drug-likeness (QED) is 0.301. The molecule has 1 aromatic heterocycles. The second-order valence-corrected chi connectivity index (χ2v) is 6.33. The van der Waals surface area contributed by atoms with Crippen LogP contribution in [-0.4, -0.2) is 22.0 Å². The lowest BCUT2D eigenvalue weighted by molar-refractivity contribution is -0.384. The molecule has 0 spiro atoms. The number of hydrogen-bond acceptors (Lipinski definition) is 4. The largest absolute Gasteiger partial charge is 0.354 e. The molecule has 0 atom stereocenters. The van der Waals surface area contributed by atoms with Gasteiger partial charge in [0.2, 0.25) is 0 Å². The average molecular weight is 384 g/mol. The van der Waals surface area contributed by atoms with Gasteiger partial charge in [0.25, 0.3) is 11.6 Å². The van der Waals surface area contributed by atoms with Crippen LogP contribution >= 0.6 is 0 Å². The van der Waals surface area contributed by atoms with E-state index in [1.54, 1.807) is 6.21 Å². The maximum Gasteiger partial charge on any atom is 0.271 e. The molecule has 0 unspecified atom stereocenters. The number of nitrogens with zero attached hydrogens (tertiary/aromatic N) is 2. The van der Waals surface area contributed by atoms with Crippen molar-refractivity contribution in [2.45, 2.75) is 0 Å². The SMILES string of the molecule is O=C(N/N=C/c1c(-c2ccccc2)[nH]c2ccccc12)c1ccc([N+](=O)[O-])cc1. The molecule has 0 aliphatic rings. The minimum absolute atomic E-state index is 0.0728. The van der Waals surface area contributed by atoms with Crippen LogP contribution in [0.2, 0.25) is 0 Å². The van der Waals surface area contributed by atoms with Crippen LogP contribution in [0.3, 0.4) is 0 Å². The summed E-state index contributed by atoms with van der Waals surface area (Å²) < 4.78 is 0. The third-order valence-corrected chi connectivity index (χ3v) is 4.51. The molecular weight excluding hydrogens is 368 g/mol. The highest BCUT2D eigenvalue weighted by Crippen LogP contribution is 2.28. The van der Waals surface area contributed by atoms with Crippen LogP contribution in [0.5, 0.6) is 0 Å². The van der Waals surface area contributed by atoms with Gasteiger partial charge < -0.3 is 4.98 Å². The summed E-state index contributed by atoms with van der Waals surface area (Å²) in [4.78, 5) is 25.9. The molecule has 3 aromatic carbocycles. The maximum atomic E-state index is 12.3. The number of nitro benzene ring substituents is 1. The monoisotopic (exact) mass is 384 g/mol. The summed E-state index contributed by atoms with van der Waals surface area (Å²) in [6, 6.07) is 23.1. The first-order chi connectivity index (χ1) is 14.1. The van der Waals surface area contributed by atoms with Gasteiger partial charge in [-0.2, -0.15) is 5.10 Å². The number of carbonyl (C=O) groups excluding carboxylic acids is 1. The number of benzene rings is 3. The summed E-state index contributed by atoms with van der Waals surface area (Å²) in [6.07, 6.45) is 1.60. The molecule has 0 fully saturated rings. The molecule has 2 N–H and O–H groups in total. The highest BCUT2D eigenvalue weighted by molar-refractivity contribution is 6.06. The number of H-pyrrole nitrogens is 1. The fourth-order valence-electron chi connectivity index (χ4n) is 3.08. The molecule has 142 valence electrons. The van der Waals surface area contributed by atoms with Crippen molar-refractivity contribution in [2.24, 2.45) is 5.10 Å². The summed E-state index contributed by atoms with van der Waals surface area (Å²) in [7, 11) is 0. The molecule has 7 nitrogen and oxygen atoms in total. The number of fused-ring (bicyclic) bond motifs is 1. The van der Waals surface area contributed by atoms with E-state index in [9.17, 15) is 14.9 Å². The highest BCUT2D eigenvalue weighted by atomic mass is 16.6. The number of non-ortho nitro benzene ring substituents is 1. The van der Waals surface area contributed by atoms with Crippen molar-refractivity contribution < 1.29 is 9.72 Å². The lowest BCUT2D eigenvalue weighted by Gasteiger charge is -2.02. The first-order valence-electron chi connectivity index (χ1n) is 8.87. The number of amides is 1. The summed E-state index contributed by atoms with van der Waals surface area (Å²) in [5.74, 6) is -0.447. The fourth-order valence-corrected chi connectivity index (χ4v) is 3.08. The minimum Gasteiger partial charge on any atom is -0.354 e. The van der Waals surface area contributed by atoms with E-state index in [0.717, 1.165) is 27.7 Å². The van der Waals surface area contributed by atoms with E-state index in [4.69, 9.17) is 0 Å². The van der Waals surface area contributed by atoms with Gasteiger partial charge >= 0.3 is 0 Å². The van der Waals surface area contributed by atoms with Gasteiger partial charge in [0.1, 0.15) is 0 Å². The number of rotatable bonds is 5. The van der Waals surface area contributed by atoms with Gasteiger partial charge in [0.15, 0.2) is 0 Å². The van der Waals surface area contributed by atoms with E-state index >= 15 is 0 Å². The lowest BCUT2D eigenvalue weighted by atomic mass is 10.1. The molecule has 29 heavy (non-hydrogen) atoms. The Kier molecular flexibility index (Phi) is 4.86. The van der Waals surface area contributed by atoms with E-state index in [-0.39, 0.29) is 11.3 Å². The number of aromatic amines is 1. The number of hydrogen-bond donors (Lipinski definition) is 2. The van der Waals surface area contributed by atoms with Crippen molar-refractivity contribution >= 4 is 28.7 Å². The Hall–Kier alpha value is -4.26. The predicted octanol–water partition coefficient (Wildman–Crippen LogP) is 4.51. The van der Waals surface area contributed by atoms with Gasteiger partial charge in [-0.15, -0.1) is 0 Å². The Labute approximate surface area is 165 Å². The molecule has 0 saturated carbocycles. The van der Waals surface area contributed by atoms with Crippen LogP contribution in [0.1, 0.15) is 15.9 Å². The van der Waals surface area contributed by atoms with Crippen molar-refractivity contribution in [1.82, 2.24) is 10.4 Å². The first-order valence-corrected chi connectivity index (χ1v) is 8.87. The van der Waals surface area contributed by atoms with Crippen molar-refractivity contribution in [3.63, 3.8) is 0 Å². The summed E-state index contributed by atoms with van der Waals surface area (Å²) >= 11 is 0. The molecule has 1 amide bonds. The van der Waals surface area contributed by atoms with Crippen molar-refractivity contribution in [3.8, 4) is 11.3 Å². The molecule has 0 bridgehead atoms. The number of para-hydroxylation sites is 1. The first kappa shape index (κ1) is 18.1. The summed E-state index contributed by atoms with van der Waals surface area (Å²) in [5.41, 5.74) is 6.42. The van der Waals surface area contributed by atoms with Crippen LogP contribution in [0.25, 0.3) is 22.2 Å². The minimum atomic E-state index is -0.512. The molecule has 7 heteroatoms. The zero-order chi connectivity index (χ0) is 20.2. The third-order valence-electron chi connectivity index (χ3n) is 4.51. The molecular formula is C22H16N4O3. The molecule has 4 rings (SSSR count). The van der Waals surface area contributed by atoms with Gasteiger partial charge in [-0.25, -0.2) is 5.43 Å². The third kappa shape index (κ3) is 3.74. The lowest BCUT2D eigenvalue weighted by Crippen LogP contribution is -2.17. The Morgan fingerprint density at radius 3 is 2.38 bits per heavy atom. The van der Waals surface area contributed by atoms with Gasteiger partial charge in [0, 0.05) is 34.2 Å². The molecule has 0 aliphatic carbocycles. The topological polar surface area (TPSA) is 100 Å². The van der Waals surface area contributed by atoms with Gasteiger partial charge in [-0.05, 0) is 23.8 Å². The summed E-state index contributed by atoms with van der Waals surface area (Å²) in [5, 5.41) is 15.8. The van der Waals surface area contributed by atoms with E-state index in [1.165, 1.54) is 24.3 Å². The van der Waals surface area contributed by atoms with Crippen LogP contribution in [0.4, 0.5) is 5.69 Å². The highest BCUT2D eigenvalue weighted by Gasteiger charge is 2.12. The normalized spacial score (nSPS) is 11.0. The number of aromatic nitrogens is 1. The smallest absolute Gasteiger partial charge is 0.271 e. The Bertz CT molecular complexity index is 1210. The van der Waals surface area contributed by atoms with E-state index in [2.05, 4.69) is 15.5 Å². The van der Waals surface area contributed by atoms with Crippen molar-refractivity contribution in [1.29, 1.82) is 0 Å². The Morgan fingerprint density at radius 2 is 1.66 bits per heavy atom. The number of nitrogens with one attached hydrogen (secondary N) is 2. The van der Waals surface area contributed by atoms with E-state index in [1.807, 2.05) is 54.6 Å². The fraction of sp³-hybridized carbons (Fsp3) is 0. The van der Waals surface area contributed by atoms with Gasteiger partial charge in [-0.3, -0.25) is 14.9 Å². The van der Waals surface area contributed by atoms with Crippen LogP contribution in [0, 0.1) is 10.1 Å². The van der Waals surface area contributed by atoms with Crippen molar-refractivity contribution in [3.05, 3.63) is 100 Å².